The fraction of sp³-hybridized carbons (Fsp3) is 0.647. The second kappa shape index (κ2) is 7.78. The topological polar surface area (TPSA) is 44.7 Å². The summed E-state index contributed by atoms with van der Waals surface area (Å²) in [5.74, 6) is 0. The first-order valence-electron chi connectivity index (χ1n) is 7.45. The van der Waals surface area contributed by atoms with Gasteiger partial charge in [-0.05, 0) is 44.9 Å². The average molecular weight is 294 g/mol. The molecule has 0 aliphatic carbocycles. The molecular formula is C17H30N2O2. The van der Waals surface area contributed by atoms with E-state index in [9.17, 15) is 5.11 Å². The standard InChI is InChI=1S/C17H30N2O2/c1-13-9-14(10-18-17(2,3)4)7-8-16(13)19(5)11-15(20)12-21-6/h7-9,15,18,20H,10-12H2,1-6H3. The van der Waals surface area contributed by atoms with Crippen LogP contribution in [0.1, 0.15) is 31.9 Å². The minimum Gasteiger partial charge on any atom is -0.389 e. The minimum atomic E-state index is -0.471. The van der Waals surface area contributed by atoms with Crippen LogP contribution in [0.4, 0.5) is 5.69 Å². The Hall–Kier alpha value is -1.10. The molecule has 0 heterocycles. The zero-order chi connectivity index (χ0) is 16.0. The number of aliphatic hydroxyl groups is 1. The van der Waals surface area contributed by atoms with Gasteiger partial charge in [-0.1, -0.05) is 12.1 Å². The van der Waals surface area contributed by atoms with Crippen LogP contribution < -0.4 is 10.2 Å². The number of ether oxygens (including phenoxy) is 1. The summed E-state index contributed by atoms with van der Waals surface area (Å²) in [5.41, 5.74) is 3.75. The SMILES string of the molecule is COCC(O)CN(C)c1ccc(CNC(C)(C)C)cc1C. The molecule has 0 saturated carbocycles. The Morgan fingerprint density at radius 3 is 2.52 bits per heavy atom. The number of methoxy groups -OCH3 is 1. The third kappa shape index (κ3) is 6.46. The summed E-state index contributed by atoms with van der Waals surface area (Å²) in [7, 11) is 3.60. The molecule has 0 saturated heterocycles. The number of nitrogens with one attached hydrogen (secondary N) is 1. The van der Waals surface area contributed by atoms with Crippen molar-refractivity contribution in [2.24, 2.45) is 0 Å². The van der Waals surface area contributed by atoms with E-state index < -0.39 is 6.10 Å². The normalized spacial score (nSPS) is 13.3. The first-order valence-corrected chi connectivity index (χ1v) is 7.45. The number of anilines is 1. The van der Waals surface area contributed by atoms with Crippen LogP contribution in [0.15, 0.2) is 18.2 Å². The lowest BCUT2D eigenvalue weighted by molar-refractivity contribution is 0.0695. The smallest absolute Gasteiger partial charge is 0.0947 e. The van der Waals surface area contributed by atoms with Crippen LogP contribution in [0.25, 0.3) is 0 Å². The van der Waals surface area contributed by atoms with Crippen molar-refractivity contribution < 1.29 is 9.84 Å². The molecule has 0 aliphatic rings. The number of rotatable bonds is 7. The maximum Gasteiger partial charge on any atom is 0.0947 e. The summed E-state index contributed by atoms with van der Waals surface area (Å²) in [6.07, 6.45) is -0.471. The van der Waals surface area contributed by atoms with Crippen LogP contribution in [-0.2, 0) is 11.3 Å². The van der Waals surface area contributed by atoms with E-state index in [-0.39, 0.29) is 5.54 Å². The summed E-state index contributed by atoms with van der Waals surface area (Å²) in [6.45, 7) is 10.4. The predicted molar refractivity (Wildman–Crippen MR) is 88.9 cm³/mol. The third-order valence-corrected chi connectivity index (χ3v) is 3.34. The Morgan fingerprint density at radius 2 is 2.00 bits per heavy atom. The molecule has 120 valence electrons. The highest BCUT2D eigenvalue weighted by Crippen LogP contribution is 2.21. The van der Waals surface area contributed by atoms with Crippen LogP contribution in [-0.4, -0.2) is 44.1 Å². The summed E-state index contributed by atoms with van der Waals surface area (Å²) in [6, 6.07) is 6.46. The van der Waals surface area contributed by atoms with Crippen molar-refractivity contribution in [3.8, 4) is 0 Å². The molecule has 0 aromatic heterocycles. The Labute approximate surface area is 129 Å². The van der Waals surface area contributed by atoms with Crippen molar-refractivity contribution >= 4 is 5.69 Å². The zero-order valence-electron chi connectivity index (χ0n) is 14.2. The number of hydrogen-bond donors (Lipinski definition) is 2. The number of aliphatic hydroxyl groups excluding tert-OH is 1. The van der Waals surface area contributed by atoms with Crippen LogP contribution in [0.3, 0.4) is 0 Å². The van der Waals surface area contributed by atoms with Crippen molar-refractivity contribution in [2.75, 3.05) is 32.2 Å². The molecule has 4 heteroatoms. The van der Waals surface area contributed by atoms with E-state index in [4.69, 9.17) is 4.74 Å². The number of likely N-dealkylation sites (N-methyl/N-ethyl adjacent to an activating group) is 1. The molecule has 1 atom stereocenters. The lowest BCUT2D eigenvalue weighted by Crippen LogP contribution is -2.35. The van der Waals surface area contributed by atoms with E-state index in [1.54, 1.807) is 7.11 Å². The molecule has 0 fully saturated rings. The van der Waals surface area contributed by atoms with E-state index in [2.05, 4.69) is 56.1 Å². The Bertz CT molecular complexity index is 441. The fourth-order valence-corrected chi connectivity index (χ4v) is 2.28. The molecule has 0 bridgehead atoms. The van der Waals surface area contributed by atoms with Crippen LogP contribution in [0.5, 0.6) is 0 Å². The highest BCUT2D eigenvalue weighted by atomic mass is 16.5. The van der Waals surface area contributed by atoms with Crippen molar-refractivity contribution in [3.63, 3.8) is 0 Å². The van der Waals surface area contributed by atoms with Gasteiger partial charge >= 0.3 is 0 Å². The van der Waals surface area contributed by atoms with E-state index in [1.165, 1.54) is 11.1 Å². The number of nitrogens with zero attached hydrogens (tertiary/aromatic N) is 1. The van der Waals surface area contributed by atoms with Gasteiger partial charge in [-0.2, -0.15) is 0 Å². The molecule has 1 rings (SSSR count). The van der Waals surface area contributed by atoms with Crippen LogP contribution in [0, 0.1) is 6.92 Å². The summed E-state index contributed by atoms with van der Waals surface area (Å²) < 4.78 is 4.97. The van der Waals surface area contributed by atoms with E-state index in [0.29, 0.717) is 13.2 Å². The number of aryl methyl sites for hydroxylation is 1. The van der Waals surface area contributed by atoms with Gasteiger partial charge in [-0.3, -0.25) is 0 Å². The van der Waals surface area contributed by atoms with Crippen molar-refractivity contribution in [1.29, 1.82) is 0 Å². The molecule has 1 aromatic carbocycles. The molecular weight excluding hydrogens is 264 g/mol. The molecule has 0 spiro atoms. The maximum absolute atomic E-state index is 9.82. The molecule has 4 nitrogen and oxygen atoms in total. The van der Waals surface area contributed by atoms with Crippen molar-refractivity contribution in [2.45, 2.75) is 45.9 Å². The van der Waals surface area contributed by atoms with E-state index in [1.807, 2.05) is 7.05 Å². The highest BCUT2D eigenvalue weighted by Gasteiger charge is 2.12. The molecule has 0 aliphatic heterocycles. The van der Waals surface area contributed by atoms with Gasteiger partial charge in [0.1, 0.15) is 0 Å². The van der Waals surface area contributed by atoms with E-state index in [0.717, 1.165) is 12.2 Å². The monoisotopic (exact) mass is 294 g/mol. The summed E-state index contributed by atoms with van der Waals surface area (Å²) in [4.78, 5) is 2.07. The van der Waals surface area contributed by atoms with Gasteiger partial charge in [-0.15, -0.1) is 0 Å². The number of benzene rings is 1. The third-order valence-electron chi connectivity index (χ3n) is 3.34. The zero-order valence-corrected chi connectivity index (χ0v) is 14.2. The van der Waals surface area contributed by atoms with E-state index >= 15 is 0 Å². The Kier molecular flexibility index (Phi) is 6.65. The Morgan fingerprint density at radius 1 is 1.33 bits per heavy atom. The van der Waals surface area contributed by atoms with Gasteiger partial charge in [0.2, 0.25) is 0 Å². The largest absolute Gasteiger partial charge is 0.389 e. The van der Waals surface area contributed by atoms with Crippen molar-refractivity contribution in [3.05, 3.63) is 29.3 Å². The average Bonchev–Trinajstić information content (AvgIpc) is 2.35. The molecule has 0 amide bonds. The minimum absolute atomic E-state index is 0.119. The van der Waals surface area contributed by atoms with Gasteiger partial charge in [0.15, 0.2) is 0 Å². The molecule has 1 aromatic rings. The second-order valence-electron chi connectivity index (χ2n) is 6.71. The van der Waals surface area contributed by atoms with Crippen LogP contribution >= 0.6 is 0 Å². The fourth-order valence-electron chi connectivity index (χ4n) is 2.28. The maximum atomic E-state index is 9.82. The van der Waals surface area contributed by atoms with Gasteiger partial charge in [0.05, 0.1) is 12.7 Å². The van der Waals surface area contributed by atoms with Gasteiger partial charge in [0.25, 0.3) is 0 Å². The molecule has 0 radical (unpaired) electrons. The predicted octanol–water partition coefficient (Wildman–Crippen LogP) is 2.33. The summed E-state index contributed by atoms with van der Waals surface area (Å²) in [5, 5.41) is 13.3. The molecule has 1 unspecified atom stereocenters. The molecule has 21 heavy (non-hydrogen) atoms. The highest BCUT2D eigenvalue weighted by molar-refractivity contribution is 5.54. The van der Waals surface area contributed by atoms with Gasteiger partial charge < -0.3 is 20.1 Å². The quantitative estimate of drug-likeness (QED) is 0.810. The first-order chi connectivity index (χ1) is 9.73. The summed E-state index contributed by atoms with van der Waals surface area (Å²) >= 11 is 0. The second-order valence-corrected chi connectivity index (χ2v) is 6.71. The Balaban J connectivity index is 2.69. The van der Waals surface area contributed by atoms with Gasteiger partial charge in [0, 0.05) is 38.5 Å². The van der Waals surface area contributed by atoms with Crippen LogP contribution in [0.2, 0.25) is 0 Å². The van der Waals surface area contributed by atoms with Crippen molar-refractivity contribution in [1.82, 2.24) is 5.32 Å². The number of hydrogen-bond acceptors (Lipinski definition) is 4. The van der Waals surface area contributed by atoms with Gasteiger partial charge in [-0.25, -0.2) is 0 Å². The lowest BCUT2D eigenvalue weighted by atomic mass is 10.1. The first kappa shape index (κ1) is 18.0. The lowest BCUT2D eigenvalue weighted by Gasteiger charge is -2.25. The molecule has 2 N–H and O–H groups in total.